The summed E-state index contributed by atoms with van der Waals surface area (Å²) in [5, 5.41) is 0.310. The summed E-state index contributed by atoms with van der Waals surface area (Å²) in [4.78, 5) is 13.7. The van der Waals surface area contributed by atoms with Gasteiger partial charge in [0, 0.05) is 0 Å². The number of aromatic nitrogens is 3. The van der Waals surface area contributed by atoms with E-state index in [9.17, 15) is 0 Å². The van der Waals surface area contributed by atoms with Crippen LogP contribution in [-0.2, 0) is 0 Å². The molecule has 0 radical (unpaired) electrons. The van der Waals surface area contributed by atoms with Gasteiger partial charge in [-0.25, -0.2) is 14.8 Å². The molecule has 0 saturated heterocycles. The van der Waals surface area contributed by atoms with Gasteiger partial charge < -0.3 is 4.98 Å². The number of pyridine rings is 1. The van der Waals surface area contributed by atoms with E-state index in [1.807, 2.05) is 0 Å². The third kappa shape index (κ3) is 1.13. The van der Waals surface area contributed by atoms with Gasteiger partial charge in [0.15, 0.2) is 5.15 Å². The van der Waals surface area contributed by atoms with Crippen LogP contribution in [0, 0.1) is 6.57 Å². The number of aromatic amines is 1. The minimum Gasteiger partial charge on any atom is -0.343 e. The molecule has 2 aromatic heterocycles. The third-order valence-electron chi connectivity index (χ3n) is 1.57. The monoisotopic (exact) mass is 212 g/mol. The minimum atomic E-state index is 0.0830. The maximum atomic E-state index is 6.88. The summed E-state index contributed by atoms with van der Waals surface area (Å²) in [6, 6.07) is 0. The van der Waals surface area contributed by atoms with Gasteiger partial charge in [0.05, 0.1) is 18.4 Å². The first-order chi connectivity index (χ1) is 6.24. The molecule has 0 atom stereocenters. The van der Waals surface area contributed by atoms with E-state index in [-0.39, 0.29) is 16.0 Å². The lowest BCUT2D eigenvalue weighted by molar-refractivity contribution is 1.33. The first kappa shape index (κ1) is 8.30. The van der Waals surface area contributed by atoms with Gasteiger partial charge in [0.25, 0.3) is 5.69 Å². The maximum absolute atomic E-state index is 6.88. The van der Waals surface area contributed by atoms with Crippen LogP contribution in [0.5, 0.6) is 0 Å². The molecule has 6 heteroatoms. The smallest absolute Gasteiger partial charge is 0.250 e. The van der Waals surface area contributed by atoms with E-state index in [2.05, 4.69) is 19.8 Å². The maximum Gasteiger partial charge on any atom is 0.250 e. The summed E-state index contributed by atoms with van der Waals surface area (Å²) in [6.07, 6.45) is 1.45. The predicted octanol–water partition coefficient (Wildman–Crippen LogP) is 2.82. The lowest BCUT2D eigenvalue weighted by Gasteiger charge is -1.96. The quantitative estimate of drug-likeness (QED) is 0.540. The Kier molecular flexibility index (Phi) is 1.83. The number of rotatable bonds is 0. The van der Waals surface area contributed by atoms with Crippen LogP contribution in [0.25, 0.3) is 15.9 Å². The molecule has 0 spiro atoms. The average molecular weight is 213 g/mol. The van der Waals surface area contributed by atoms with Crippen molar-refractivity contribution >= 4 is 39.9 Å². The third-order valence-corrected chi connectivity index (χ3v) is 2.11. The van der Waals surface area contributed by atoms with Gasteiger partial charge in [-0.15, -0.1) is 0 Å². The zero-order valence-corrected chi connectivity index (χ0v) is 7.69. The first-order valence-electron chi connectivity index (χ1n) is 3.29. The fourth-order valence-electron chi connectivity index (χ4n) is 1.02. The van der Waals surface area contributed by atoms with Crippen molar-refractivity contribution in [3.05, 3.63) is 28.1 Å². The summed E-state index contributed by atoms with van der Waals surface area (Å²) in [6.45, 7) is 6.88. The number of imidazole rings is 1. The fourth-order valence-corrected chi connectivity index (χ4v) is 1.51. The van der Waals surface area contributed by atoms with Gasteiger partial charge in [0.2, 0.25) is 0 Å². The summed E-state index contributed by atoms with van der Waals surface area (Å²) in [5.74, 6) is 0. The van der Waals surface area contributed by atoms with Crippen molar-refractivity contribution in [2.75, 3.05) is 0 Å². The molecule has 0 amide bonds. The summed E-state index contributed by atoms with van der Waals surface area (Å²) in [5.41, 5.74) is 1.22. The van der Waals surface area contributed by atoms with Crippen LogP contribution >= 0.6 is 23.2 Å². The van der Waals surface area contributed by atoms with E-state index < -0.39 is 0 Å². The normalized spacial score (nSPS) is 10.2. The van der Waals surface area contributed by atoms with Gasteiger partial charge in [-0.3, -0.25) is 0 Å². The topological polar surface area (TPSA) is 45.9 Å². The van der Waals surface area contributed by atoms with E-state index in [1.54, 1.807) is 0 Å². The molecule has 2 heterocycles. The highest BCUT2D eigenvalue weighted by atomic mass is 35.5. The van der Waals surface area contributed by atoms with Crippen LogP contribution in [0.15, 0.2) is 6.33 Å². The largest absolute Gasteiger partial charge is 0.343 e. The Morgan fingerprint density at radius 1 is 1.38 bits per heavy atom. The molecule has 4 nitrogen and oxygen atoms in total. The Morgan fingerprint density at radius 3 is 2.85 bits per heavy atom. The van der Waals surface area contributed by atoms with E-state index in [1.165, 1.54) is 6.33 Å². The van der Waals surface area contributed by atoms with Crippen LogP contribution in [0.1, 0.15) is 0 Å². The van der Waals surface area contributed by atoms with E-state index in [0.29, 0.717) is 11.0 Å². The molecule has 0 unspecified atom stereocenters. The summed E-state index contributed by atoms with van der Waals surface area (Å²) in [7, 11) is 0. The number of fused-ring (bicyclic) bond motifs is 1. The molecule has 0 fully saturated rings. The van der Waals surface area contributed by atoms with Crippen molar-refractivity contribution in [3.63, 3.8) is 0 Å². The first-order valence-corrected chi connectivity index (χ1v) is 4.05. The number of H-pyrrole nitrogens is 1. The second-order valence-electron chi connectivity index (χ2n) is 2.28. The van der Waals surface area contributed by atoms with Gasteiger partial charge >= 0.3 is 0 Å². The average Bonchev–Trinajstić information content (AvgIpc) is 2.53. The summed E-state index contributed by atoms with van der Waals surface area (Å²) < 4.78 is 0. The van der Waals surface area contributed by atoms with Crippen LogP contribution in [-0.4, -0.2) is 15.0 Å². The molecule has 0 aromatic carbocycles. The second-order valence-corrected chi connectivity index (χ2v) is 3.00. The Bertz CT molecular complexity index is 511. The standard InChI is InChI=1S/C7H2Cl2N4/c1-10-4-3-5(12-2-11-3)7(9)13-6(4)8/h2H,(H,11,12). The van der Waals surface area contributed by atoms with Gasteiger partial charge in [-0.2, -0.15) is 0 Å². The van der Waals surface area contributed by atoms with Crippen molar-refractivity contribution in [2.45, 2.75) is 0 Å². The second kappa shape index (κ2) is 2.87. The molecule has 0 aliphatic carbocycles. The van der Waals surface area contributed by atoms with Crippen molar-refractivity contribution < 1.29 is 0 Å². The molecule has 13 heavy (non-hydrogen) atoms. The number of halogens is 2. The predicted molar refractivity (Wildman–Crippen MR) is 50.2 cm³/mol. The molecule has 0 aliphatic rings. The highest BCUT2D eigenvalue weighted by molar-refractivity contribution is 6.38. The van der Waals surface area contributed by atoms with E-state index >= 15 is 0 Å². The summed E-state index contributed by atoms with van der Waals surface area (Å²) >= 11 is 11.5. The van der Waals surface area contributed by atoms with Crippen molar-refractivity contribution in [3.8, 4) is 0 Å². The van der Waals surface area contributed by atoms with Gasteiger partial charge in [-0.05, 0) is 0 Å². The lowest BCUT2D eigenvalue weighted by Crippen LogP contribution is -1.80. The minimum absolute atomic E-state index is 0.0830. The lowest BCUT2D eigenvalue weighted by atomic mass is 10.3. The Morgan fingerprint density at radius 2 is 2.15 bits per heavy atom. The van der Waals surface area contributed by atoms with Crippen molar-refractivity contribution in [2.24, 2.45) is 0 Å². The molecule has 0 bridgehead atoms. The Balaban J connectivity index is 2.99. The highest BCUT2D eigenvalue weighted by Crippen LogP contribution is 2.33. The number of nitrogens with one attached hydrogen (secondary N) is 1. The number of nitrogens with zero attached hydrogens (tertiary/aromatic N) is 3. The van der Waals surface area contributed by atoms with E-state index in [0.717, 1.165) is 0 Å². The van der Waals surface area contributed by atoms with Crippen LogP contribution in [0.4, 0.5) is 5.69 Å². The number of hydrogen-bond acceptors (Lipinski definition) is 2. The van der Waals surface area contributed by atoms with Crippen molar-refractivity contribution in [1.82, 2.24) is 15.0 Å². The molecular weight excluding hydrogens is 211 g/mol. The number of hydrogen-bond donors (Lipinski definition) is 1. The molecule has 0 saturated carbocycles. The zero-order chi connectivity index (χ0) is 9.42. The molecule has 2 aromatic rings. The van der Waals surface area contributed by atoms with E-state index in [4.69, 9.17) is 29.8 Å². The molecular formula is C7H2Cl2N4. The molecule has 64 valence electrons. The van der Waals surface area contributed by atoms with Crippen LogP contribution < -0.4 is 0 Å². The fraction of sp³-hybridized carbons (Fsp3) is 0. The van der Waals surface area contributed by atoms with Crippen LogP contribution in [0.2, 0.25) is 10.3 Å². The van der Waals surface area contributed by atoms with Gasteiger partial charge in [0.1, 0.15) is 10.7 Å². The zero-order valence-electron chi connectivity index (χ0n) is 6.17. The Hall–Kier alpha value is -1.31. The SMILES string of the molecule is [C-]#[N+]c1c(Cl)nc(Cl)c2[nH]cnc12. The highest BCUT2D eigenvalue weighted by Gasteiger charge is 2.13. The Labute approximate surface area is 83.3 Å². The van der Waals surface area contributed by atoms with Gasteiger partial charge in [-0.1, -0.05) is 23.2 Å². The molecule has 1 N–H and O–H groups in total. The van der Waals surface area contributed by atoms with Crippen LogP contribution in [0.3, 0.4) is 0 Å². The molecule has 0 aliphatic heterocycles. The molecule has 2 rings (SSSR count). The van der Waals surface area contributed by atoms with Crippen molar-refractivity contribution in [1.29, 1.82) is 0 Å².